The highest BCUT2D eigenvalue weighted by Gasteiger charge is 2.17. The fraction of sp³-hybridized carbons (Fsp3) is 0.316. The number of amides is 1. The Morgan fingerprint density at radius 2 is 1.69 bits per heavy atom. The van der Waals surface area contributed by atoms with Gasteiger partial charge in [0, 0.05) is 19.0 Å². The number of halogens is 3. The second kappa shape index (κ2) is 11.9. The summed E-state index contributed by atoms with van der Waals surface area (Å²) in [5.41, 5.74) is 7.83. The smallest absolute Gasteiger partial charge is 0.221 e. The lowest BCUT2D eigenvalue weighted by Gasteiger charge is -2.25. The summed E-state index contributed by atoms with van der Waals surface area (Å²) in [7, 11) is 3.80. The van der Waals surface area contributed by atoms with Crippen LogP contribution in [0.2, 0.25) is 0 Å². The van der Waals surface area contributed by atoms with Crippen molar-refractivity contribution in [3.8, 4) is 0 Å². The van der Waals surface area contributed by atoms with Crippen LogP contribution in [0.1, 0.15) is 29.6 Å². The van der Waals surface area contributed by atoms with E-state index in [1.807, 2.05) is 55.4 Å². The Hall–Kier alpha value is -1.66. The summed E-state index contributed by atoms with van der Waals surface area (Å²) >= 11 is 0. The molecule has 0 spiro atoms. The van der Waals surface area contributed by atoms with Gasteiger partial charge in [0.25, 0.3) is 0 Å². The van der Waals surface area contributed by atoms with Crippen LogP contribution in [0, 0.1) is 5.82 Å². The molecule has 2 unspecified atom stereocenters. The molecule has 2 atom stereocenters. The molecular weight excluding hydrogens is 376 g/mol. The number of hydrogen-bond donors (Lipinski definition) is 2. The number of rotatable bonds is 7. The van der Waals surface area contributed by atoms with Crippen LogP contribution in [0.3, 0.4) is 0 Å². The van der Waals surface area contributed by atoms with Gasteiger partial charge in [-0.3, -0.25) is 4.79 Å². The van der Waals surface area contributed by atoms with E-state index < -0.39 is 0 Å². The topological polar surface area (TPSA) is 58.4 Å². The third-order valence-electron chi connectivity index (χ3n) is 3.98. The van der Waals surface area contributed by atoms with E-state index in [0.29, 0.717) is 6.54 Å². The zero-order valence-electron chi connectivity index (χ0n) is 14.9. The molecule has 0 fully saturated rings. The molecule has 0 aliphatic heterocycles. The van der Waals surface area contributed by atoms with Crippen molar-refractivity contribution in [2.75, 3.05) is 20.6 Å². The maximum absolute atomic E-state index is 13.4. The van der Waals surface area contributed by atoms with Crippen LogP contribution in [0.5, 0.6) is 0 Å². The molecule has 3 N–H and O–H groups in total. The summed E-state index contributed by atoms with van der Waals surface area (Å²) in [6.07, 6.45) is 0.216. The van der Waals surface area contributed by atoms with Gasteiger partial charge in [0.2, 0.25) is 5.91 Å². The Bertz CT molecular complexity index is 671. The van der Waals surface area contributed by atoms with Crippen molar-refractivity contribution in [2.45, 2.75) is 18.5 Å². The number of nitrogens with one attached hydrogen (secondary N) is 1. The molecule has 0 bridgehead atoms. The SMILES string of the molecule is CN(C)C(CNC(=O)CC(N)c1ccccc1)c1cccc(F)c1.Cl.Cl. The molecule has 26 heavy (non-hydrogen) atoms. The molecule has 2 rings (SSSR count). The van der Waals surface area contributed by atoms with Crippen molar-refractivity contribution in [2.24, 2.45) is 5.73 Å². The first-order valence-corrected chi connectivity index (χ1v) is 7.96. The first-order valence-electron chi connectivity index (χ1n) is 7.96. The van der Waals surface area contributed by atoms with Crippen LogP contribution in [0.4, 0.5) is 4.39 Å². The lowest BCUT2D eigenvalue weighted by Crippen LogP contribution is -2.35. The van der Waals surface area contributed by atoms with Gasteiger partial charge in [0.15, 0.2) is 0 Å². The minimum atomic E-state index is -0.335. The summed E-state index contributed by atoms with van der Waals surface area (Å²) in [5.74, 6) is -0.397. The van der Waals surface area contributed by atoms with E-state index in [9.17, 15) is 9.18 Å². The average molecular weight is 402 g/mol. The van der Waals surface area contributed by atoms with Gasteiger partial charge in [-0.25, -0.2) is 4.39 Å². The zero-order valence-corrected chi connectivity index (χ0v) is 16.5. The van der Waals surface area contributed by atoms with E-state index >= 15 is 0 Å². The van der Waals surface area contributed by atoms with E-state index in [-0.39, 0.29) is 55.0 Å². The molecule has 144 valence electrons. The molecule has 0 heterocycles. The normalized spacial score (nSPS) is 12.5. The van der Waals surface area contributed by atoms with E-state index in [1.54, 1.807) is 6.07 Å². The Balaban J connectivity index is 0.00000312. The first kappa shape index (κ1) is 24.3. The summed E-state index contributed by atoms with van der Waals surface area (Å²) in [5, 5.41) is 2.90. The van der Waals surface area contributed by atoms with E-state index in [4.69, 9.17) is 5.73 Å². The summed E-state index contributed by atoms with van der Waals surface area (Å²) in [4.78, 5) is 14.1. The minimum absolute atomic E-state index is 0. The van der Waals surface area contributed by atoms with E-state index in [0.717, 1.165) is 11.1 Å². The molecule has 0 aliphatic carbocycles. The third kappa shape index (κ3) is 7.30. The number of carbonyl (C=O) groups excluding carboxylic acids is 1. The Labute approximate surface area is 166 Å². The van der Waals surface area contributed by atoms with Gasteiger partial charge in [0.05, 0.1) is 6.04 Å². The van der Waals surface area contributed by atoms with Crippen LogP contribution >= 0.6 is 24.8 Å². The van der Waals surface area contributed by atoms with Crippen molar-refractivity contribution in [1.29, 1.82) is 0 Å². The predicted molar refractivity (Wildman–Crippen MR) is 108 cm³/mol. The molecule has 2 aromatic carbocycles. The maximum atomic E-state index is 13.4. The van der Waals surface area contributed by atoms with Gasteiger partial charge in [-0.1, -0.05) is 42.5 Å². The van der Waals surface area contributed by atoms with Gasteiger partial charge in [0.1, 0.15) is 5.82 Å². The fourth-order valence-electron chi connectivity index (χ4n) is 2.61. The molecule has 2 aromatic rings. The van der Waals surface area contributed by atoms with Gasteiger partial charge in [-0.05, 0) is 37.4 Å². The third-order valence-corrected chi connectivity index (χ3v) is 3.98. The molecule has 0 aliphatic rings. The van der Waals surface area contributed by atoms with Gasteiger partial charge in [-0.2, -0.15) is 0 Å². The fourth-order valence-corrected chi connectivity index (χ4v) is 2.61. The molecule has 0 saturated heterocycles. The molecule has 0 radical (unpaired) electrons. The largest absolute Gasteiger partial charge is 0.354 e. The van der Waals surface area contributed by atoms with Crippen molar-refractivity contribution < 1.29 is 9.18 Å². The van der Waals surface area contributed by atoms with Crippen LogP contribution < -0.4 is 11.1 Å². The van der Waals surface area contributed by atoms with Crippen LogP contribution in [0.25, 0.3) is 0 Å². The highest BCUT2D eigenvalue weighted by Crippen LogP contribution is 2.19. The number of hydrogen-bond acceptors (Lipinski definition) is 3. The van der Waals surface area contributed by atoms with Gasteiger partial charge < -0.3 is 16.0 Å². The Morgan fingerprint density at radius 3 is 2.27 bits per heavy atom. The average Bonchev–Trinajstić information content (AvgIpc) is 2.55. The molecule has 0 aromatic heterocycles. The van der Waals surface area contributed by atoms with Crippen molar-refractivity contribution in [3.63, 3.8) is 0 Å². The second-order valence-corrected chi connectivity index (χ2v) is 6.06. The predicted octanol–water partition coefficient (Wildman–Crippen LogP) is 3.48. The van der Waals surface area contributed by atoms with Crippen LogP contribution in [-0.4, -0.2) is 31.4 Å². The van der Waals surface area contributed by atoms with Crippen molar-refractivity contribution in [3.05, 3.63) is 71.5 Å². The number of carbonyl (C=O) groups is 1. The molecular formula is C19H26Cl2FN3O. The summed E-state index contributed by atoms with van der Waals surface area (Å²) in [6, 6.07) is 15.5. The lowest BCUT2D eigenvalue weighted by atomic mass is 10.0. The van der Waals surface area contributed by atoms with Crippen LogP contribution in [0.15, 0.2) is 54.6 Å². The monoisotopic (exact) mass is 401 g/mol. The molecule has 0 saturated carbocycles. The van der Waals surface area contributed by atoms with E-state index in [1.165, 1.54) is 12.1 Å². The van der Waals surface area contributed by atoms with E-state index in [2.05, 4.69) is 5.32 Å². The number of likely N-dealkylation sites (N-methyl/N-ethyl adjacent to an activating group) is 1. The number of nitrogens with zero attached hydrogens (tertiary/aromatic N) is 1. The maximum Gasteiger partial charge on any atom is 0.221 e. The van der Waals surface area contributed by atoms with Crippen molar-refractivity contribution >= 4 is 30.7 Å². The van der Waals surface area contributed by atoms with Crippen LogP contribution in [-0.2, 0) is 4.79 Å². The first-order chi connectivity index (χ1) is 11.5. The quantitative estimate of drug-likeness (QED) is 0.746. The highest BCUT2D eigenvalue weighted by molar-refractivity contribution is 5.85. The number of nitrogens with two attached hydrogens (primary N) is 1. The van der Waals surface area contributed by atoms with Gasteiger partial charge in [-0.15, -0.1) is 24.8 Å². The van der Waals surface area contributed by atoms with Crippen molar-refractivity contribution in [1.82, 2.24) is 10.2 Å². The standard InChI is InChI=1S/C19H24FN3O.2ClH/c1-23(2)18(15-9-6-10-16(20)11-15)13-22-19(24)12-17(21)14-7-4-3-5-8-14;;/h3-11,17-18H,12-13,21H2,1-2H3,(H,22,24);2*1H. The Kier molecular flexibility index (Phi) is 11.1. The summed E-state index contributed by atoms with van der Waals surface area (Å²) < 4.78 is 13.4. The molecule has 7 heteroatoms. The van der Waals surface area contributed by atoms with Gasteiger partial charge >= 0.3 is 0 Å². The number of benzene rings is 2. The minimum Gasteiger partial charge on any atom is -0.354 e. The molecule has 4 nitrogen and oxygen atoms in total. The second-order valence-electron chi connectivity index (χ2n) is 6.06. The highest BCUT2D eigenvalue weighted by atomic mass is 35.5. The zero-order chi connectivity index (χ0) is 17.5. The lowest BCUT2D eigenvalue weighted by molar-refractivity contribution is -0.121. The summed E-state index contributed by atoms with van der Waals surface area (Å²) in [6.45, 7) is 0.400. The Morgan fingerprint density at radius 1 is 1.08 bits per heavy atom. The molecule has 1 amide bonds.